The van der Waals surface area contributed by atoms with Crippen LogP contribution in [-0.2, 0) is 0 Å². The van der Waals surface area contributed by atoms with E-state index in [2.05, 4.69) is 0 Å². The minimum Gasteiger partial charge on any atom is -0.365 e. The summed E-state index contributed by atoms with van der Waals surface area (Å²) in [7, 11) is 0. The SMILES string of the molecule is O=[N+]([O-])c1ccc(N2CC=CCC2)c(F)c1. The van der Waals surface area contributed by atoms with Gasteiger partial charge in [-0.3, -0.25) is 10.1 Å². The first-order valence-electron chi connectivity index (χ1n) is 5.02. The highest BCUT2D eigenvalue weighted by molar-refractivity contribution is 5.53. The highest BCUT2D eigenvalue weighted by Crippen LogP contribution is 2.25. The molecule has 0 saturated carbocycles. The lowest BCUT2D eigenvalue weighted by Crippen LogP contribution is -2.27. The second kappa shape index (κ2) is 4.30. The maximum atomic E-state index is 13.6. The second-order valence-electron chi connectivity index (χ2n) is 3.60. The number of anilines is 1. The first-order chi connectivity index (χ1) is 7.68. The van der Waals surface area contributed by atoms with E-state index in [0.717, 1.165) is 19.0 Å². The van der Waals surface area contributed by atoms with E-state index in [1.165, 1.54) is 12.1 Å². The van der Waals surface area contributed by atoms with E-state index in [4.69, 9.17) is 0 Å². The lowest BCUT2D eigenvalue weighted by Gasteiger charge is -2.25. The van der Waals surface area contributed by atoms with Crippen LogP contribution in [0.15, 0.2) is 30.4 Å². The molecule has 0 unspecified atom stereocenters. The fourth-order valence-electron chi connectivity index (χ4n) is 1.73. The zero-order valence-electron chi connectivity index (χ0n) is 8.60. The number of nitrogens with zero attached hydrogens (tertiary/aromatic N) is 2. The van der Waals surface area contributed by atoms with Crippen LogP contribution in [0.25, 0.3) is 0 Å². The van der Waals surface area contributed by atoms with Crippen LogP contribution in [0.1, 0.15) is 6.42 Å². The normalized spacial score (nSPS) is 15.2. The van der Waals surface area contributed by atoms with Gasteiger partial charge in [0.15, 0.2) is 5.82 Å². The number of benzene rings is 1. The third kappa shape index (κ3) is 2.03. The molecule has 0 spiro atoms. The van der Waals surface area contributed by atoms with Crippen LogP contribution in [0, 0.1) is 15.9 Å². The van der Waals surface area contributed by atoms with Gasteiger partial charge in [0, 0.05) is 19.2 Å². The van der Waals surface area contributed by atoms with Crippen molar-refractivity contribution in [2.45, 2.75) is 6.42 Å². The number of halogens is 1. The molecule has 0 aromatic heterocycles. The summed E-state index contributed by atoms with van der Waals surface area (Å²) in [5, 5.41) is 10.5. The number of rotatable bonds is 2. The van der Waals surface area contributed by atoms with Crippen molar-refractivity contribution < 1.29 is 9.31 Å². The molecule has 2 rings (SSSR count). The standard InChI is InChI=1S/C11H11FN2O2/c12-10-8-9(14(15)16)4-5-11(10)13-6-2-1-3-7-13/h1-2,4-5,8H,3,6-7H2. The minimum atomic E-state index is -0.594. The predicted molar refractivity (Wildman–Crippen MR) is 59.0 cm³/mol. The molecule has 4 nitrogen and oxygen atoms in total. The zero-order valence-corrected chi connectivity index (χ0v) is 8.60. The van der Waals surface area contributed by atoms with Gasteiger partial charge in [0.2, 0.25) is 0 Å². The second-order valence-corrected chi connectivity index (χ2v) is 3.60. The molecular formula is C11H11FN2O2. The van der Waals surface area contributed by atoms with Crippen molar-refractivity contribution >= 4 is 11.4 Å². The van der Waals surface area contributed by atoms with Crippen molar-refractivity contribution in [3.63, 3.8) is 0 Å². The van der Waals surface area contributed by atoms with Crippen molar-refractivity contribution in [1.29, 1.82) is 0 Å². The van der Waals surface area contributed by atoms with Gasteiger partial charge in [-0.25, -0.2) is 4.39 Å². The molecule has 0 amide bonds. The summed E-state index contributed by atoms with van der Waals surface area (Å²) in [5.74, 6) is -0.537. The van der Waals surface area contributed by atoms with Gasteiger partial charge in [0.05, 0.1) is 16.7 Å². The molecule has 0 N–H and O–H groups in total. The summed E-state index contributed by atoms with van der Waals surface area (Å²) in [6.07, 6.45) is 4.88. The molecule has 0 atom stereocenters. The van der Waals surface area contributed by atoms with Gasteiger partial charge in [0.25, 0.3) is 5.69 Å². The fourth-order valence-corrected chi connectivity index (χ4v) is 1.73. The molecule has 0 bridgehead atoms. The molecule has 0 saturated heterocycles. The van der Waals surface area contributed by atoms with Crippen LogP contribution in [0.5, 0.6) is 0 Å². The minimum absolute atomic E-state index is 0.214. The van der Waals surface area contributed by atoms with Crippen molar-refractivity contribution in [3.8, 4) is 0 Å². The van der Waals surface area contributed by atoms with Crippen LogP contribution in [0.3, 0.4) is 0 Å². The van der Waals surface area contributed by atoms with Crippen LogP contribution < -0.4 is 4.90 Å². The zero-order chi connectivity index (χ0) is 11.5. The molecule has 1 aromatic rings. The largest absolute Gasteiger partial charge is 0.365 e. The summed E-state index contributed by atoms with van der Waals surface area (Å²) >= 11 is 0. The Kier molecular flexibility index (Phi) is 2.85. The molecule has 1 aliphatic heterocycles. The van der Waals surface area contributed by atoms with E-state index in [9.17, 15) is 14.5 Å². The third-order valence-corrected chi connectivity index (χ3v) is 2.54. The maximum absolute atomic E-state index is 13.6. The summed E-state index contributed by atoms with van der Waals surface area (Å²) in [5.41, 5.74) is 0.212. The number of hydrogen-bond acceptors (Lipinski definition) is 3. The highest BCUT2D eigenvalue weighted by Gasteiger charge is 2.15. The lowest BCUT2D eigenvalue weighted by atomic mass is 10.2. The topological polar surface area (TPSA) is 46.4 Å². The Morgan fingerprint density at radius 3 is 2.75 bits per heavy atom. The molecule has 16 heavy (non-hydrogen) atoms. The van der Waals surface area contributed by atoms with Gasteiger partial charge in [-0.2, -0.15) is 0 Å². The number of non-ortho nitro benzene ring substituents is 1. The third-order valence-electron chi connectivity index (χ3n) is 2.54. The first kappa shape index (κ1) is 10.6. The lowest BCUT2D eigenvalue weighted by molar-refractivity contribution is -0.385. The van der Waals surface area contributed by atoms with Gasteiger partial charge < -0.3 is 4.90 Å². The smallest absolute Gasteiger partial charge is 0.272 e. The summed E-state index contributed by atoms with van der Waals surface area (Å²) < 4.78 is 13.6. The molecule has 84 valence electrons. The molecule has 0 fully saturated rings. The van der Waals surface area contributed by atoms with Crippen molar-refractivity contribution in [3.05, 3.63) is 46.3 Å². The molecule has 0 radical (unpaired) electrons. The Labute approximate surface area is 92.1 Å². The summed E-state index contributed by atoms with van der Waals surface area (Å²) in [6, 6.07) is 3.76. The summed E-state index contributed by atoms with van der Waals surface area (Å²) in [4.78, 5) is 11.7. The Balaban J connectivity index is 2.28. The van der Waals surface area contributed by atoms with Crippen LogP contribution in [-0.4, -0.2) is 18.0 Å². The van der Waals surface area contributed by atoms with E-state index < -0.39 is 10.7 Å². The van der Waals surface area contributed by atoms with Gasteiger partial charge in [-0.1, -0.05) is 12.2 Å². The number of hydrogen-bond donors (Lipinski definition) is 0. The van der Waals surface area contributed by atoms with Crippen molar-refractivity contribution in [1.82, 2.24) is 0 Å². The van der Waals surface area contributed by atoms with Crippen LogP contribution in [0.2, 0.25) is 0 Å². The Morgan fingerprint density at radius 1 is 1.38 bits per heavy atom. The average Bonchev–Trinajstić information content (AvgIpc) is 2.30. The van der Waals surface area contributed by atoms with E-state index >= 15 is 0 Å². The van der Waals surface area contributed by atoms with E-state index in [0.29, 0.717) is 12.2 Å². The number of nitro groups is 1. The molecule has 1 heterocycles. The fraction of sp³-hybridized carbons (Fsp3) is 0.273. The van der Waals surface area contributed by atoms with E-state index in [-0.39, 0.29) is 5.69 Å². The molecular weight excluding hydrogens is 211 g/mol. The van der Waals surface area contributed by atoms with Gasteiger partial charge >= 0.3 is 0 Å². The molecule has 1 aliphatic rings. The Hall–Kier alpha value is -1.91. The Morgan fingerprint density at radius 2 is 2.19 bits per heavy atom. The van der Waals surface area contributed by atoms with Crippen LogP contribution >= 0.6 is 0 Å². The van der Waals surface area contributed by atoms with Crippen molar-refractivity contribution in [2.24, 2.45) is 0 Å². The maximum Gasteiger partial charge on any atom is 0.272 e. The van der Waals surface area contributed by atoms with Gasteiger partial charge in [-0.05, 0) is 12.5 Å². The predicted octanol–water partition coefficient (Wildman–Crippen LogP) is 2.50. The van der Waals surface area contributed by atoms with Crippen molar-refractivity contribution in [2.75, 3.05) is 18.0 Å². The monoisotopic (exact) mass is 222 g/mol. The number of nitro benzene ring substituents is 1. The summed E-state index contributed by atoms with van der Waals surface area (Å²) in [6.45, 7) is 1.39. The Bertz CT molecular complexity index is 446. The van der Waals surface area contributed by atoms with Gasteiger partial charge in [-0.15, -0.1) is 0 Å². The molecule has 1 aromatic carbocycles. The first-order valence-corrected chi connectivity index (χ1v) is 5.02. The average molecular weight is 222 g/mol. The molecule has 0 aliphatic carbocycles. The molecule has 5 heteroatoms. The van der Waals surface area contributed by atoms with E-state index in [1.807, 2.05) is 17.1 Å². The van der Waals surface area contributed by atoms with Gasteiger partial charge in [0.1, 0.15) is 0 Å². The van der Waals surface area contributed by atoms with Crippen LogP contribution in [0.4, 0.5) is 15.8 Å². The quantitative estimate of drug-likeness (QED) is 0.438. The van der Waals surface area contributed by atoms with E-state index in [1.54, 1.807) is 0 Å². The highest BCUT2D eigenvalue weighted by atomic mass is 19.1.